The maximum atomic E-state index is 12.9. The van der Waals surface area contributed by atoms with E-state index in [0.29, 0.717) is 16.9 Å². The molecule has 2 aromatic rings. The van der Waals surface area contributed by atoms with Crippen molar-refractivity contribution in [3.63, 3.8) is 0 Å². The Hall–Kier alpha value is -2.96. The summed E-state index contributed by atoms with van der Waals surface area (Å²) in [6, 6.07) is 6.40. The van der Waals surface area contributed by atoms with E-state index in [1.807, 2.05) is 29.6 Å². The van der Waals surface area contributed by atoms with Gasteiger partial charge in [-0.2, -0.15) is 0 Å². The number of ether oxygens (including phenoxy) is 1. The number of aryl methyl sites for hydroxylation is 1. The van der Waals surface area contributed by atoms with Crippen LogP contribution in [0.25, 0.3) is 10.9 Å². The summed E-state index contributed by atoms with van der Waals surface area (Å²) < 4.78 is 5.32. The lowest BCUT2D eigenvalue weighted by atomic mass is 9.84. The Balaban J connectivity index is 2.00. The van der Waals surface area contributed by atoms with Crippen molar-refractivity contribution in [1.82, 2.24) is 10.3 Å². The topological polar surface area (TPSA) is 111 Å². The van der Waals surface area contributed by atoms with E-state index in [2.05, 4.69) is 6.92 Å². The summed E-state index contributed by atoms with van der Waals surface area (Å²) in [6.45, 7) is 3.53. The molecule has 0 saturated heterocycles. The molecule has 26 heavy (non-hydrogen) atoms. The first-order valence-corrected chi connectivity index (χ1v) is 8.58. The highest BCUT2D eigenvalue weighted by molar-refractivity contribution is 6.06. The number of urea groups is 1. The zero-order valence-corrected chi connectivity index (χ0v) is 14.7. The van der Waals surface area contributed by atoms with Crippen LogP contribution in [0.3, 0.4) is 0 Å². The zero-order valence-electron chi connectivity index (χ0n) is 14.7. The van der Waals surface area contributed by atoms with Gasteiger partial charge in [-0.3, -0.25) is 15.1 Å². The van der Waals surface area contributed by atoms with Crippen LogP contribution in [0.2, 0.25) is 0 Å². The zero-order chi connectivity index (χ0) is 18.8. The quantitative estimate of drug-likeness (QED) is 0.819. The Morgan fingerprint density at radius 2 is 2.04 bits per heavy atom. The Labute approximate surface area is 150 Å². The van der Waals surface area contributed by atoms with Crippen LogP contribution in [0.15, 0.2) is 24.3 Å². The normalized spacial score (nSPS) is 17.2. The van der Waals surface area contributed by atoms with Gasteiger partial charge in [-0.25, -0.2) is 9.59 Å². The molecule has 0 aliphatic heterocycles. The van der Waals surface area contributed by atoms with Crippen molar-refractivity contribution in [2.45, 2.75) is 39.2 Å². The maximum Gasteiger partial charge on any atom is 0.339 e. The van der Waals surface area contributed by atoms with E-state index in [9.17, 15) is 14.4 Å². The van der Waals surface area contributed by atoms with Gasteiger partial charge in [0.15, 0.2) is 6.10 Å². The summed E-state index contributed by atoms with van der Waals surface area (Å²) >= 11 is 0. The minimum Gasteiger partial charge on any atom is -0.449 e. The van der Waals surface area contributed by atoms with E-state index in [1.165, 1.54) is 6.92 Å². The highest BCUT2D eigenvalue weighted by Crippen LogP contribution is 2.32. The minimum atomic E-state index is -1.14. The van der Waals surface area contributed by atoms with Crippen molar-refractivity contribution < 1.29 is 19.1 Å². The fraction of sp³-hybridized carbons (Fsp3) is 0.368. The minimum absolute atomic E-state index is 0.438. The van der Waals surface area contributed by atoms with Crippen LogP contribution in [0.4, 0.5) is 4.79 Å². The molecule has 3 amide bonds. The molecule has 0 radical (unpaired) electrons. The molecule has 3 N–H and O–H groups in total. The Morgan fingerprint density at radius 3 is 2.77 bits per heavy atom. The molecule has 0 bridgehead atoms. The number of fused-ring (bicyclic) bond motifs is 2. The second kappa shape index (κ2) is 7.11. The van der Waals surface area contributed by atoms with Crippen molar-refractivity contribution in [2.24, 2.45) is 11.7 Å². The van der Waals surface area contributed by atoms with Gasteiger partial charge in [-0.15, -0.1) is 0 Å². The Morgan fingerprint density at radius 1 is 1.31 bits per heavy atom. The molecule has 1 aliphatic rings. The van der Waals surface area contributed by atoms with E-state index in [0.717, 1.165) is 36.0 Å². The molecule has 1 aromatic carbocycles. The molecule has 7 heteroatoms. The Bertz CT molecular complexity index is 894. The molecule has 1 aliphatic carbocycles. The third-order valence-electron chi connectivity index (χ3n) is 4.61. The maximum absolute atomic E-state index is 12.9. The number of rotatable bonds is 3. The second-order valence-corrected chi connectivity index (χ2v) is 6.68. The molecule has 1 aromatic heterocycles. The van der Waals surface area contributed by atoms with Gasteiger partial charge in [-0.1, -0.05) is 25.1 Å². The van der Waals surface area contributed by atoms with Crippen molar-refractivity contribution in [1.29, 1.82) is 0 Å². The van der Waals surface area contributed by atoms with Crippen molar-refractivity contribution in [2.75, 3.05) is 0 Å². The van der Waals surface area contributed by atoms with Crippen molar-refractivity contribution in [3.05, 3.63) is 41.1 Å². The molecule has 0 saturated carbocycles. The largest absolute Gasteiger partial charge is 0.449 e. The van der Waals surface area contributed by atoms with E-state index in [-0.39, 0.29) is 0 Å². The number of hydrogen-bond donors (Lipinski definition) is 2. The lowest BCUT2D eigenvalue weighted by Crippen LogP contribution is -2.42. The van der Waals surface area contributed by atoms with Crippen LogP contribution in [-0.4, -0.2) is 29.0 Å². The number of hydrogen-bond acceptors (Lipinski definition) is 5. The lowest BCUT2D eigenvalue weighted by molar-refractivity contribution is -0.127. The molecule has 2 atom stereocenters. The number of imide groups is 1. The van der Waals surface area contributed by atoms with Crippen molar-refractivity contribution in [3.8, 4) is 0 Å². The lowest BCUT2D eigenvalue weighted by Gasteiger charge is -2.24. The predicted molar refractivity (Wildman–Crippen MR) is 95.5 cm³/mol. The number of amides is 3. The first-order valence-electron chi connectivity index (χ1n) is 8.58. The third kappa shape index (κ3) is 3.51. The van der Waals surface area contributed by atoms with E-state index >= 15 is 0 Å². The standard InChI is InChI=1S/C19H21N3O4/c1-10-7-8-15-13(9-10)16(12-5-3-4-6-14(12)21-15)18(24)26-11(2)17(23)22-19(20)25/h3-6,10-11H,7-9H2,1-2H3,(H3,20,22,23,25). The molecule has 7 nitrogen and oxygen atoms in total. The van der Waals surface area contributed by atoms with Crippen LogP contribution in [-0.2, 0) is 22.4 Å². The smallest absolute Gasteiger partial charge is 0.339 e. The molecular formula is C19H21N3O4. The molecule has 0 spiro atoms. The molecule has 0 fully saturated rings. The summed E-state index contributed by atoms with van der Waals surface area (Å²) in [5.41, 5.74) is 7.90. The van der Waals surface area contributed by atoms with Crippen LogP contribution < -0.4 is 11.1 Å². The van der Waals surface area contributed by atoms with Gasteiger partial charge in [0.1, 0.15) is 0 Å². The highest BCUT2D eigenvalue weighted by atomic mass is 16.5. The van der Waals surface area contributed by atoms with Gasteiger partial charge in [-0.05, 0) is 43.7 Å². The number of nitrogens with two attached hydrogens (primary N) is 1. The summed E-state index contributed by atoms with van der Waals surface area (Å²) in [6.07, 6.45) is 1.42. The Kier molecular flexibility index (Phi) is 4.88. The summed E-state index contributed by atoms with van der Waals surface area (Å²) in [4.78, 5) is 40.2. The summed E-state index contributed by atoms with van der Waals surface area (Å²) in [5.74, 6) is -0.917. The molecule has 3 rings (SSSR count). The number of primary amides is 1. The molecule has 136 valence electrons. The number of esters is 1. The fourth-order valence-electron chi connectivity index (χ4n) is 3.29. The SMILES string of the molecule is CC1CCc2nc3ccccc3c(C(=O)OC(C)C(=O)NC(N)=O)c2C1. The van der Waals surface area contributed by atoms with E-state index in [1.54, 1.807) is 0 Å². The number of carbonyl (C=O) groups is 3. The first-order chi connectivity index (χ1) is 12.4. The number of pyridine rings is 1. The number of nitrogens with zero attached hydrogens (tertiary/aromatic N) is 1. The second-order valence-electron chi connectivity index (χ2n) is 6.68. The van der Waals surface area contributed by atoms with Gasteiger partial charge in [0, 0.05) is 11.1 Å². The number of nitrogens with one attached hydrogen (secondary N) is 1. The highest BCUT2D eigenvalue weighted by Gasteiger charge is 2.28. The van der Waals surface area contributed by atoms with E-state index in [4.69, 9.17) is 15.5 Å². The van der Waals surface area contributed by atoms with Crippen LogP contribution >= 0.6 is 0 Å². The van der Waals surface area contributed by atoms with Gasteiger partial charge >= 0.3 is 12.0 Å². The van der Waals surface area contributed by atoms with Crippen LogP contribution in [0.1, 0.15) is 41.9 Å². The van der Waals surface area contributed by atoms with E-state index < -0.39 is 24.0 Å². The first kappa shape index (κ1) is 17.8. The van der Waals surface area contributed by atoms with Gasteiger partial charge in [0.05, 0.1) is 11.1 Å². The number of aromatic nitrogens is 1. The van der Waals surface area contributed by atoms with Gasteiger partial charge in [0.2, 0.25) is 0 Å². The van der Waals surface area contributed by atoms with Crippen LogP contribution in [0.5, 0.6) is 0 Å². The average Bonchev–Trinajstić information content (AvgIpc) is 2.58. The predicted octanol–water partition coefficient (Wildman–Crippen LogP) is 2.10. The third-order valence-corrected chi connectivity index (χ3v) is 4.61. The van der Waals surface area contributed by atoms with Gasteiger partial charge < -0.3 is 10.5 Å². The molecular weight excluding hydrogens is 334 g/mol. The molecule has 1 heterocycles. The summed E-state index contributed by atoms with van der Waals surface area (Å²) in [7, 11) is 0. The molecule has 2 unspecified atom stereocenters. The number of carbonyl (C=O) groups excluding carboxylic acids is 3. The fourth-order valence-corrected chi connectivity index (χ4v) is 3.29. The number of para-hydroxylation sites is 1. The summed E-state index contributed by atoms with van der Waals surface area (Å²) in [5, 5.41) is 2.62. The monoisotopic (exact) mass is 355 g/mol. The van der Waals surface area contributed by atoms with Crippen LogP contribution in [0, 0.1) is 5.92 Å². The van der Waals surface area contributed by atoms with Crippen molar-refractivity contribution >= 4 is 28.8 Å². The number of benzene rings is 1. The average molecular weight is 355 g/mol. The van der Waals surface area contributed by atoms with Gasteiger partial charge in [0.25, 0.3) is 5.91 Å².